The Morgan fingerprint density at radius 1 is 1.00 bits per heavy atom. The molecule has 0 aliphatic heterocycles. The highest BCUT2D eigenvalue weighted by Gasteiger charge is 2.06. The molecule has 0 saturated heterocycles. The molecular formula is C15H22O3. The quantitative estimate of drug-likeness (QED) is 0.519. The maximum absolute atomic E-state index is 11.7. The first-order valence-electron chi connectivity index (χ1n) is 6.68. The molecule has 0 aromatic heterocycles. The number of hydrogen-bond donors (Lipinski definition) is 0. The van der Waals surface area contributed by atoms with Crippen LogP contribution >= 0.6 is 0 Å². The first kappa shape index (κ1) is 14.6. The maximum Gasteiger partial charge on any atom is 0.338 e. The van der Waals surface area contributed by atoms with Crippen molar-refractivity contribution in [3.05, 3.63) is 29.8 Å². The average Bonchev–Trinajstić information content (AvgIpc) is 2.41. The second-order valence-electron chi connectivity index (χ2n) is 4.22. The van der Waals surface area contributed by atoms with E-state index in [1.54, 1.807) is 24.3 Å². The summed E-state index contributed by atoms with van der Waals surface area (Å²) in [5.74, 6) is 0.535. The summed E-state index contributed by atoms with van der Waals surface area (Å²) < 4.78 is 10.6. The minimum absolute atomic E-state index is 0.256. The molecule has 100 valence electrons. The van der Waals surface area contributed by atoms with Crippen LogP contribution in [0.5, 0.6) is 5.75 Å². The minimum atomic E-state index is -0.256. The van der Waals surface area contributed by atoms with E-state index in [4.69, 9.17) is 9.47 Å². The highest BCUT2D eigenvalue weighted by Crippen LogP contribution is 2.13. The zero-order chi connectivity index (χ0) is 13.2. The van der Waals surface area contributed by atoms with E-state index in [1.165, 1.54) is 0 Å². The van der Waals surface area contributed by atoms with Crippen LogP contribution in [0.25, 0.3) is 0 Å². The van der Waals surface area contributed by atoms with Crippen molar-refractivity contribution in [3.63, 3.8) is 0 Å². The van der Waals surface area contributed by atoms with E-state index < -0.39 is 0 Å². The number of ether oxygens (including phenoxy) is 2. The third-order valence-electron chi connectivity index (χ3n) is 2.54. The van der Waals surface area contributed by atoms with Crippen molar-refractivity contribution >= 4 is 5.97 Å². The van der Waals surface area contributed by atoms with Gasteiger partial charge in [-0.2, -0.15) is 0 Å². The van der Waals surface area contributed by atoms with Gasteiger partial charge in [-0.05, 0) is 37.1 Å². The molecule has 3 heteroatoms. The van der Waals surface area contributed by atoms with Gasteiger partial charge in [-0.25, -0.2) is 4.79 Å². The monoisotopic (exact) mass is 250 g/mol. The van der Waals surface area contributed by atoms with Gasteiger partial charge in [-0.1, -0.05) is 26.7 Å². The number of carbonyl (C=O) groups excluding carboxylic acids is 1. The SMILES string of the molecule is CCCCCOC(=O)c1ccc(OCCC)cc1. The molecule has 0 aliphatic rings. The van der Waals surface area contributed by atoms with E-state index in [1.807, 2.05) is 0 Å². The van der Waals surface area contributed by atoms with E-state index in [9.17, 15) is 4.79 Å². The number of hydrogen-bond acceptors (Lipinski definition) is 3. The van der Waals surface area contributed by atoms with Crippen LogP contribution in [0.4, 0.5) is 0 Å². The Labute approximate surface area is 109 Å². The molecule has 0 atom stereocenters. The molecule has 0 radical (unpaired) electrons. The molecule has 18 heavy (non-hydrogen) atoms. The molecule has 0 fully saturated rings. The lowest BCUT2D eigenvalue weighted by atomic mass is 10.2. The largest absolute Gasteiger partial charge is 0.494 e. The lowest BCUT2D eigenvalue weighted by molar-refractivity contribution is 0.0498. The Bertz CT molecular complexity index is 343. The summed E-state index contributed by atoms with van der Waals surface area (Å²) in [7, 11) is 0. The van der Waals surface area contributed by atoms with E-state index in [0.29, 0.717) is 18.8 Å². The topological polar surface area (TPSA) is 35.5 Å². The molecule has 0 N–H and O–H groups in total. The smallest absolute Gasteiger partial charge is 0.338 e. The zero-order valence-electron chi connectivity index (χ0n) is 11.3. The molecule has 1 rings (SSSR count). The van der Waals surface area contributed by atoms with E-state index in [2.05, 4.69) is 13.8 Å². The van der Waals surface area contributed by atoms with Crippen molar-refractivity contribution in [2.75, 3.05) is 13.2 Å². The fourth-order valence-electron chi connectivity index (χ4n) is 1.51. The van der Waals surface area contributed by atoms with Crippen LogP contribution in [0.2, 0.25) is 0 Å². The number of rotatable bonds is 8. The number of esters is 1. The van der Waals surface area contributed by atoms with Gasteiger partial charge in [-0.3, -0.25) is 0 Å². The third kappa shape index (κ3) is 5.21. The van der Waals surface area contributed by atoms with Crippen LogP contribution < -0.4 is 4.74 Å². The lowest BCUT2D eigenvalue weighted by Crippen LogP contribution is -2.06. The molecule has 0 aliphatic carbocycles. The Hall–Kier alpha value is -1.51. The van der Waals surface area contributed by atoms with Gasteiger partial charge in [0.25, 0.3) is 0 Å². The van der Waals surface area contributed by atoms with Crippen molar-refractivity contribution in [1.29, 1.82) is 0 Å². The van der Waals surface area contributed by atoms with Gasteiger partial charge in [0.15, 0.2) is 0 Å². The fraction of sp³-hybridized carbons (Fsp3) is 0.533. The Kier molecular flexibility index (Phi) is 6.92. The fourth-order valence-corrected chi connectivity index (χ4v) is 1.51. The van der Waals surface area contributed by atoms with Crippen LogP contribution in [-0.2, 0) is 4.74 Å². The van der Waals surface area contributed by atoms with Gasteiger partial charge < -0.3 is 9.47 Å². The molecule has 0 saturated carbocycles. The lowest BCUT2D eigenvalue weighted by Gasteiger charge is -2.06. The third-order valence-corrected chi connectivity index (χ3v) is 2.54. The molecule has 0 heterocycles. The molecular weight excluding hydrogens is 228 g/mol. The second-order valence-corrected chi connectivity index (χ2v) is 4.22. The molecule has 0 bridgehead atoms. The van der Waals surface area contributed by atoms with Crippen LogP contribution in [0.1, 0.15) is 49.9 Å². The van der Waals surface area contributed by atoms with Gasteiger partial charge in [0.2, 0.25) is 0 Å². The Balaban J connectivity index is 2.38. The van der Waals surface area contributed by atoms with Crippen molar-refractivity contribution in [2.45, 2.75) is 39.5 Å². The zero-order valence-corrected chi connectivity index (χ0v) is 11.3. The highest BCUT2D eigenvalue weighted by molar-refractivity contribution is 5.89. The normalized spacial score (nSPS) is 10.1. The Morgan fingerprint density at radius 2 is 1.72 bits per heavy atom. The van der Waals surface area contributed by atoms with Crippen LogP contribution in [0.3, 0.4) is 0 Å². The van der Waals surface area contributed by atoms with Crippen molar-refractivity contribution in [3.8, 4) is 5.75 Å². The molecule has 0 amide bonds. The highest BCUT2D eigenvalue weighted by atomic mass is 16.5. The standard InChI is InChI=1S/C15H22O3/c1-3-5-6-12-18-15(16)13-7-9-14(10-8-13)17-11-4-2/h7-10H,3-6,11-12H2,1-2H3. The molecule has 1 aromatic rings. The summed E-state index contributed by atoms with van der Waals surface area (Å²) in [5.41, 5.74) is 0.579. The average molecular weight is 250 g/mol. The number of carbonyl (C=O) groups is 1. The van der Waals surface area contributed by atoms with Gasteiger partial charge in [0.1, 0.15) is 5.75 Å². The van der Waals surface area contributed by atoms with Crippen LogP contribution in [0.15, 0.2) is 24.3 Å². The first-order chi connectivity index (χ1) is 8.77. The predicted octanol–water partition coefficient (Wildman–Crippen LogP) is 3.82. The number of benzene rings is 1. The van der Waals surface area contributed by atoms with Crippen LogP contribution in [0, 0.1) is 0 Å². The minimum Gasteiger partial charge on any atom is -0.494 e. The second kappa shape index (κ2) is 8.56. The Morgan fingerprint density at radius 3 is 2.33 bits per heavy atom. The van der Waals surface area contributed by atoms with E-state index >= 15 is 0 Å². The number of unbranched alkanes of at least 4 members (excludes halogenated alkanes) is 2. The maximum atomic E-state index is 11.7. The first-order valence-corrected chi connectivity index (χ1v) is 6.68. The van der Waals surface area contributed by atoms with E-state index in [-0.39, 0.29) is 5.97 Å². The summed E-state index contributed by atoms with van der Waals surface area (Å²) in [6.45, 7) is 5.38. The van der Waals surface area contributed by atoms with Gasteiger partial charge in [0, 0.05) is 0 Å². The van der Waals surface area contributed by atoms with Gasteiger partial charge in [-0.15, -0.1) is 0 Å². The molecule has 3 nitrogen and oxygen atoms in total. The predicted molar refractivity (Wildman–Crippen MR) is 72.0 cm³/mol. The summed E-state index contributed by atoms with van der Waals surface area (Å²) in [5, 5.41) is 0. The molecule has 0 unspecified atom stereocenters. The van der Waals surface area contributed by atoms with Gasteiger partial charge in [0.05, 0.1) is 18.8 Å². The summed E-state index contributed by atoms with van der Waals surface area (Å²) in [6, 6.07) is 7.09. The van der Waals surface area contributed by atoms with Crippen molar-refractivity contribution in [2.24, 2.45) is 0 Å². The summed E-state index contributed by atoms with van der Waals surface area (Å²) in [4.78, 5) is 11.7. The van der Waals surface area contributed by atoms with Crippen molar-refractivity contribution < 1.29 is 14.3 Å². The van der Waals surface area contributed by atoms with Gasteiger partial charge >= 0.3 is 5.97 Å². The summed E-state index contributed by atoms with van der Waals surface area (Å²) >= 11 is 0. The van der Waals surface area contributed by atoms with E-state index in [0.717, 1.165) is 31.4 Å². The van der Waals surface area contributed by atoms with Crippen LogP contribution in [-0.4, -0.2) is 19.2 Å². The van der Waals surface area contributed by atoms with Crippen molar-refractivity contribution in [1.82, 2.24) is 0 Å². The summed E-state index contributed by atoms with van der Waals surface area (Å²) in [6.07, 6.45) is 4.12. The molecule has 0 spiro atoms. The molecule has 1 aromatic carbocycles.